The Bertz CT molecular complexity index is 608. The third-order valence-corrected chi connectivity index (χ3v) is 3.02. The minimum atomic E-state index is -0.259. The monoisotopic (exact) mass is 257 g/mol. The summed E-state index contributed by atoms with van der Waals surface area (Å²) in [7, 11) is 0. The zero-order chi connectivity index (χ0) is 13.8. The predicted octanol–water partition coefficient (Wildman–Crippen LogP) is 3.73. The summed E-state index contributed by atoms with van der Waals surface area (Å²) < 4.78 is 15.7. The van der Waals surface area contributed by atoms with Gasteiger partial charge in [0.15, 0.2) is 0 Å². The molecule has 0 bridgehead atoms. The second-order valence-electron chi connectivity index (χ2n) is 4.77. The van der Waals surface area contributed by atoms with Crippen LogP contribution in [0.2, 0.25) is 0 Å². The fourth-order valence-corrected chi connectivity index (χ4v) is 1.89. The van der Waals surface area contributed by atoms with E-state index in [-0.39, 0.29) is 11.9 Å². The Morgan fingerprint density at radius 3 is 2.74 bits per heavy atom. The molecule has 0 fully saturated rings. The Kier molecular flexibility index (Phi) is 3.96. The molecule has 98 valence electrons. The Hall–Kier alpha value is -2.15. The lowest BCUT2D eigenvalue weighted by molar-refractivity contribution is 0.532. The van der Waals surface area contributed by atoms with Crippen molar-refractivity contribution in [3.8, 4) is 17.2 Å². The molecule has 1 aromatic heterocycles. The first kappa shape index (κ1) is 13.3. The van der Waals surface area contributed by atoms with Crippen LogP contribution < -0.4 is 0 Å². The smallest absolute Gasteiger partial charge is 0.127 e. The molecule has 0 atom stereocenters. The lowest BCUT2D eigenvalue weighted by atomic mass is 10.0. The van der Waals surface area contributed by atoms with Gasteiger partial charge in [-0.2, -0.15) is 10.4 Å². The summed E-state index contributed by atoms with van der Waals surface area (Å²) in [6, 6.07) is 7.44. The highest BCUT2D eigenvalue weighted by molar-refractivity contribution is 5.62. The van der Waals surface area contributed by atoms with Crippen LogP contribution in [-0.4, -0.2) is 9.78 Å². The number of aryl methyl sites for hydroxylation is 1. The second kappa shape index (κ2) is 5.66. The second-order valence-corrected chi connectivity index (χ2v) is 4.77. The Labute approximate surface area is 112 Å². The van der Waals surface area contributed by atoms with E-state index in [0.717, 1.165) is 11.1 Å². The third kappa shape index (κ3) is 3.00. The van der Waals surface area contributed by atoms with Crippen LogP contribution >= 0.6 is 0 Å². The number of nitriles is 1. The molecular weight excluding hydrogens is 241 g/mol. The lowest BCUT2D eigenvalue weighted by Crippen LogP contribution is -1.99. The number of nitrogens with zero attached hydrogens (tertiary/aromatic N) is 3. The molecule has 0 amide bonds. The molecule has 0 N–H and O–H groups in total. The highest BCUT2D eigenvalue weighted by Gasteiger charge is 2.08. The molecule has 0 aliphatic rings. The number of aromatic nitrogens is 2. The van der Waals surface area contributed by atoms with E-state index in [1.54, 1.807) is 12.3 Å². The van der Waals surface area contributed by atoms with Gasteiger partial charge in [-0.3, -0.25) is 4.68 Å². The van der Waals surface area contributed by atoms with E-state index in [4.69, 9.17) is 5.26 Å². The van der Waals surface area contributed by atoms with Gasteiger partial charge in [-0.1, -0.05) is 12.1 Å². The van der Waals surface area contributed by atoms with Crippen LogP contribution in [0.4, 0.5) is 4.39 Å². The summed E-state index contributed by atoms with van der Waals surface area (Å²) in [6.07, 6.45) is 4.44. The van der Waals surface area contributed by atoms with Gasteiger partial charge in [0.25, 0.3) is 0 Å². The average Bonchev–Trinajstić information content (AvgIpc) is 2.87. The van der Waals surface area contributed by atoms with E-state index in [2.05, 4.69) is 5.10 Å². The fraction of sp³-hybridized carbons (Fsp3) is 0.333. The fourth-order valence-electron chi connectivity index (χ4n) is 1.89. The maximum atomic E-state index is 13.9. The van der Waals surface area contributed by atoms with Crippen LogP contribution in [0.25, 0.3) is 11.1 Å². The minimum Gasteiger partial charge on any atom is -0.270 e. The summed E-state index contributed by atoms with van der Waals surface area (Å²) in [5.41, 5.74) is 2.30. The van der Waals surface area contributed by atoms with Crippen LogP contribution in [0.1, 0.15) is 31.9 Å². The maximum Gasteiger partial charge on any atom is 0.127 e. The maximum absolute atomic E-state index is 13.9. The number of halogens is 1. The van der Waals surface area contributed by atoms with Crippen molar-refractivity contribution in [3.63, 3.8) is 0 Å². The molecule has 3 nitrogen and oxygen atoms in total. The number of benzene rings is 1. The molecule has 1 heterocycles. The van der Waals surface area contributed by atoms with Crippen LogP contribution in [0.3, 0.4) is 0 Å². The zero-order valence-corrected chi connectivity index (χ0v) is 11.1. The Morgan fingerprint density at radius 2 is 2.16 bits per heavy atom. The van der Waals surface area contributed by atoms with E-state index >= 15 is 0 Å². The molecule has 0 aliphatic carbocycles. The first-order valence-electron chi connectivity index (χ1n) is 6.31. The minimum absolute atomic E-state index is 0.259. The predicted molar refractivity (Wildman–Crippen MR) is 71.9 cm³/mol. The molecule has 0 spiro atoms. The molecular formula is C15H16FN3. The lowest BCUT2D eigenvalue weighted by Gasteiger charge is -2.04. The molecule has 0 aliphatic heterocycles. The normalized spacial score (nSPS) is 10.7. The number of hydrogen-bond donors (Lipinski definition) is 0. The van der Waals surface area contributed by atoms with Crippen LogP contribution in [0, 0.1) is 17.1 Å². The van der Waals surface area contributed by atoms with E-state index in [1.165, 1.54) is 6.07 Å². The van der Waals surface area contributed by atoms with E-state index in [1.807, 2.05) is 36.9 Å². The van der Waals surface area contributed by atoms with Gasteiger partial charge in [-0.15, -0.1) is 0 Å². The van der Waals surface area contributed by atoms with Crippen LogP contribution in [0.5, 0.6) is 0 Å². The number of rotatable bonds is 4. The summed E-state index contributed by atoms with van der Waals surface area (Å²) in [6.45, 7) is 4.09. The van der Waals surface area contributed by atoms with Crippen molar-refractivity contribution in [2.45, 2.75) is 32.7 Å². The van der Waals surface area contributed by atoms with Crippen molar-refractivity contribution < 1.29 is 4.39 Å². The first-order chi connectivity index (χ1) is 9.11. The molecule has 4 heteroatoms. The van der Waals surface area contributed by atoms with E-state index in [0.29, 0.717) is 18.4 Å². The van der Waals surface area contributed by atoms with Gasteiger partial charge in [0.05, 0.1) is 12.3 Å². The molecule has 2 rings (SSSR count). The topological polar surface area (TPSA) is 41.6 Å². The number of hydrogen-bond acceptors (Lipinski definition) is 2. The Balaban J connectivity index is 2.26. The van der Waals surface area contributed by atoms with Crippen LogP contribution in [-0.2, 0) is 6.42 Å². The van der Waals surface area contributed by atoms with Crippen molar-refractivity contribution in [1.82, 2.24) is 9.78 Å². The van der Waals surface area contributed by atoms with Crippen molar-refractivity contribution in [2.75, 3.05) is 0 Å². The summed E-state index contributed by atoms with van der Waals surface area (Å²) in [4.78, 5) is 0. The van der Waals surface area contributed by atoms with Gasteiger partial charge >= 0.3 is 0 Å². The van der Waals surface area contributed by atoms with Crippen molar-refractivity contribution >= 4 is 0 Å². The van der Waals surface area contributed by atoms with Gasteiger partial charge in [0.1, 0.15) is 5.82 Å². The van der Waals surface area contributed by atoms with Gasteiger partial charge in [0.2, 0.25) is 0 Å². The largest absolute Gasteiger partial charge is 0.270 e. The quantitative estimate of drug-likeness (QED) is 0.837. The summed E-state index contributed by atoms with van der Waals surface area (Å²) in [5, 5.41) is 12.8. The Morgan fingerprint density at radius 1 is 1.37 bits per heavy atom. The summed E-state index contributed by atoms with van der Waals surface area (Å²) >= 11 is 0. The van der Waals surface area contributed by atoms with E-state index < -0.39 is 0 Å². The molecule has 2 aromatic rings. The SMILES string of the molecule is CC(C)n1cc(-c2ccc(CCC#N)c(F)c2)cn1. The van der Waals surface area contributed by atoms with Gasteiger partial charge in [0, 0.05) is 24.2 Å². The van der Waals surface area contributed by atoms with Crippen LogP contribution in [0.15, 0.2) is 30.6 Å². The zero-order valence-electron chi connectivity index (χ0n) is 11.1. The standard InChI is InChI=1S/C15H16FN3/c1-11(2)19-10-14(9-18-19)13-6-5-12(4-3-7-17)15(16)8-13/h5-6,8-11H,3-4H2,1-2H3. The third-order valence-electron chi connectivity index (χ3n) is 3.02. The molecule has 0 radical (unpaired) electrons. The average molecular weight is 257 g/mol. The van der Waals surface area contributed by atoms with Gasteiger partial charge in [-0.25, -0.2) is 4.39 Å². The molecule has 0 unspecified atom stereocenters. The van der Waals surface area contributed by atoms with Gasteiger partial charge < -0.3 is 0 Å². The highest BCUT2D eigenvalue weighted by atomic mass is 19.1. The van der Waals surface area contributed by atoms with Crippen molar-refractivity contribution in [1.29, 1.82) is 5.26 Å². The van der Waals surface area contributed by atoms with Gasteiger partial charge in [-0.05, 0) is 37.5 Å². The van der Waals surface area contributed by atoms with E-state index in [9.17, 15) is 4.39 Å². The van der Waals surface area contributed by atoms with Crippen molar-refractivity contribution in [3.05, 3.63) is 42.0 Å². The molecule has 0 saturated carbocycles. The summed E-state index contributed by atoms with van der Waals surface area (Å²) in [5.74, 6) is -0.259. The molecule has 1 aromatic carbocycles. The first-order valence-corrected chi connectivity index (χ1v) is 6.31. The molecule has 0 saturated heterocycles. The highest BCUT2D eigenvalue weighted by Crippen LogP contribution is 2.23. The van der Waals surface area contributed by atoms with Crippen molar-refractivity contribution in [2.24, 2.45) is 0 Å². The molecule has 19 heavy (non-hydrogen) atoms.